The van der Waals surface area contributed by atoms with Crippen molar-refractivity contribution in [2.75, 3.05) is 6.61 Å². The van der Waals surface area contributed by atoms with Crippen LogP contribution in [0, 0.1) is 5.92 Å². The van der Waals surface area contributed by atoms with E-state index in [1.54, 1.807) is 0 Å². The van der Waals surface area contributed by atoms with Gasteiger partial charge in [-0.1, -0.05) is 6.92 Å². The maximum atomic E-state index is 8.62. The van der Waals surface area contributed by atoms with Crippen LogP contribution in [0.1, 0.15) is 13.3 Å². The second-order valence-corrected chi connectivity index (χ2v) is 2.62. The summed E-state index contributed by atoms with van der Waals surface area (Å²) in [7, 11) is 5.51. The normalized spacial score (nSPS) is 43.6. The second-order valence-electron chi connectivity index (χ2n) is 2.62. The first-order valence-corrected chi connectivity index (χ1v) is 3.26. The van der Waals surface area contributed by atoms with Crippen LogP contribution >= 0.6 is 0 Å². The van der Waals surface area contributed by atoms with Crippen molar-refractivity contribution < 1.29 is 9.84 Å². The first kappa shape index (κ1) is 7.10. The summed E-state index contributed by atoms with van der Waals surface area (Å²) in [6, 6.07) is -0.165. The lowest BCUT2D eigenvalue weighted by atomic mass is 9.88. The average molecular weight is 126 g/mol. The summed E-state index contributed by atoms with van der Waals surface area (Å²) in [6.07, 6.45) is 0.868. The van der Waals surface area contributed by atoms with Crippen LogP contribution in [0.25, 0.3) is 0 Å². The summed E-state index contributed by atoms with van der Waals surface area (Å²) >= 11 is 0. The summed E-state index contributed by atoms with van der Waals surface area (Å²) in [4.78, 5) is 0. The molecule has 2 radical (unpaired) electrons. The van der Waals surface area contributed by atoms with Crippen LogP contribution in [-0.2, 0) is 4.74 Å². The number of hydrogen-bond acceptors (Lipinski definition) is 2. The molecule has 3 unspecified atom stereocenters. The summed E-state index contributed by atoms with van der Waals surface area (Å²) in [5.41, 5.74) is 0. The van der Waals surface area contributed by atoms with E-state index in [2.05, 4.69) is 0 Å². The lowest BCUT2D eigenvalue weighted by Crippen LogP contribution is -2.15. The number of hydrogen-bond donors (Lipinski definition) is 1. The maximum Gasteiger partial charge on any atom is 0.109 e. The molecule has 0 saturated carbocycles. The van der Waals surface area contributed by atoms with Crippen molar-refractivity contribution in [3.8, 4) is 0 Å². The lowest BCUT2D eigenvalue weighted by molar-refractivity contribution is 0.0405. The van der Waals surface area contributed by atoms with Crippen LogP contribution in [0.3, 0.4) is 0 Å². The lowest BCUT2D eigenvalue weighted by Gasteiger charge is -2.07. The van der Waals surface area contributed by atoms with Gasteiger partial charge in [0.05, 0.1) is 12.7 Å². The molecular formula is C6H11BO2. The maximum absolute atomic E-state index is 8.62. The largest absolute Gasteiger partial charge is 0.394 e. The van der Waals surface area contributed by atoms with Gasteiger partial charge in [-0.05, 0) is 12.3 Å². The van der Waals surface area contributed by atoms with E-state index in [1.165, 1.54) is 0 Å². The average Bonchev–Trinajstić information content (AvgIpc) is 2.13. The Balaban J connectivity index is 2.35. The Hall–Kier alpha value is -0.0151. The van der Waals surface area contributed by atoms with Crippen molar-refractivity contribution in [2.45, 2.75) is 25.5 Å². The van der Waals surface area contributed by atoms with E-state index < -0.39 is 0 Å². The molecule has 0 amide bonds. The Morgan fingerprint density at radius 1 is 1.78 bits per heavy atom. The third-order valence-electron chi connectivity index (χ3n) is 1.75. The first-order chi connectivity index (χ1) is 4.24. The molecule has 9 heavy (non-hydrogen) atoms. The Kier molecular flexibility index (Phi) is 2.14. The van der Waals surface area contributed by atoms with Crippen LogP contribution in [0.4, 0.5) is 0 Å². The van der Waals surface area contributed by atoms with E-state index in [9.17, 15) is 0 Å². The molecule has 1 aliphatic rings. The Labute approximate surface area is 56.6 Å². The zero-order chi connectivity index (χ0) is 6.85. The van der Waals surface area contributed by atoms with Crippen molar-refractivity contribution in [1.29, 1.82) is 0 Å². The highest BCUT2D eigenvalue weighted by molar-refractivity contribution is 6.11. The molecule has 1 fully saturated rings. The second kappa shape index (κ2) is 2.71. The van der Waals surface area contributed by atoms with Crippen LogP contribution in [0.15, 0.2) is 0 Å². The molecule has 0 bridgehead atoms. The van der Waals surface area contributed by atoms with E-state index in [-0.39, 0.29) is 18.7 Å². The van der Waals surface area contributed by atoms with Gasteiger partial charge < -0.3 is 9.84 Å². The van der Waals surface area contributed by atoms with Crippen molar-refractivity contribution in [3.63, 3.8) is 0 Å². The zero-order valence-corrected chi connectivity index (χ0v) is 5.58. The topological polar surface area (TPSA) is 29.5 Å². The molecule has 1 heterocycles. The molecule has 3 atom stereocenters. The van der Waals surface area contributed by atoms with E-state index in [0.29, 0.717) is 5.92 Å². The van der Waals surface area contributed by atoms with Gasteiger partial charge in [-0.2, -0.15) is 0 Å². The number of aliphatic hydroxyl groups is 1. The minimum absolute atomic E-state index is 0.0185. The van der Waals surface area contributed by atoms with Gasteiger partial charge in [0.1, 0.15) is 7.85 Å². The minimum atomic E-state index is -0.165. The molecule has 1 rings (SSSR count). The third kappa shape index (κ3) is 1.46. The Bertz CT molecular complexity index is 87.1. The SMILES string of the molecule is [B]C1OC(CO)CC1C. The molecule has 0 aliphatic carbocycles. The van der Waals surface area contributed by atoms with Gasteiger partial charge >= 0.3 is 0 Å². The van der Waals surface area contributed by atoms with E-state index in [4.69, 9.17) is 17.7 Å². The zero-order valence-electron chi connectivity index (χ0n) is 5.58. The van der Waals surface area contributed by atoms with Crippen LogP contribution < -0.4 is 0 Å². The molecule has 2 nitrogen and oxygen atoms in total. The van der Waals surface area contributed by atoms with Gasteiger partial charge in [-0.25, -0.2) is 0 Å². The van der Waals surface area contributed by atoms with Gasteiger partial charge in [0.2, 0.25) is 0 Å². The molecule has 1 saturated heterocycles. The standard InChI is InChI=1S/C6H11BO2/c1-4-2-5(3-8)9-6(4)7/h4-6,8H,2-3H2,1H3. The molecule has 0 aromatic carbocycles. The highest BCUT2D eigenvalue weighted by Gasteiger charge is 2.27. The van der Waals surface area contributed by atoms with Gasteiger partial charge in [-0.3, -0.25) is 0 Å². The number of aliphatic hydroxyl groups excluding tert-OH is 1. The molecule has 1 aliphatic heterocycles. The van der Waals surface area contributed by atoms with Crippen LogP contribution in [0.2, 0.25) is 0 Å². The van der Waals surface area contributed by atoms with Gasteiger partial charge in [-0.15, -0.1) is 0 Å². The smallest absolute Gasteiger partial charge is 0.109 e. The quantitative estimate of drug-likeness (QED) is 0.497. The highest BCUT2D eigenvalue weighted by atomic mass is 16.5. The number of ether oxygens (including phenoxy) is 1. The Morgan fingerprint density at radius 2 is 2.44 bits per heavy atom. The van der Waals surface area contributed by atoms with E-state index in [0.717, 1.165) is 6.42 Å². The first-order valence-electron chi connectivity index (χ1n) is 3.26. The molecule has 0 spiro atoms. The highest BCUT2D eigenvalue weighted by Crippen LogP contribution is 2.23. The fraction of sp³-hybridized carbons (Fsp3) is 1.00. The van der Waals surface area contributed by atoms with E-state index >= 15 is 0 Å². The van der Waals surface area contributed by atoms with Crippen LogP contribution in [0.5, 0.6) is 0 Å². The van der Waals surface area contributed by atoms with Crippen molar-refractivity contribution in [2.24, 2.45) is 5.92 Å². The predicted molar refractivity (Wildman–Crippen MR) is 35.3 cm³/mol. The molecule has 1 N–H and O–H groups in total. The van der Waals surface area contributed by atoms with Crippen molar-refractivity contribution in [1.82, 2.24) is 0 Å². The summed E-state index contributed by atoms with van der Waals surface area (Å²) < 4.78 is 5.15. The summed E-state index contributed by atoms with van der Waals surface area (Å²) in [6.45, 7) is 2.12. The molecule has 0 aromatic heterocycles. The fourth-order valence-corrected chi connectivity index (χ4v) is 1.08. The monoisotopic (exact) mass is 126 g/mol. The fourth-order valence-electron chi connectivity index (χ4n) is 1.08. The predicted octanol–water partition coefficient (Wildman–Crippen LogP) is -0.102. The Morgan fingerprint density at radius 3 is 2.67 bits per heavy atom. The summed E-state index contributed by atoms with van der Waals surface area (Å²) in [5, 5.41) is 8.62. The minimum Gasteiger partial charge on any atom is -0.394 e. The molecular weight excluding hydrogens is 115 g/mol. The van der Waals surface area contributed by atoms with Crippen molar-refractivity contribution >= 4 is 7.85 Å². The summed E-state index contributed by atoms with van der Waals surface area (Å²) in [5.74, 6) is 0.391. The van der Waals surface area contributed by atoms with Gasteiger partial charge in [0, 0.05) is 6.00 Å². The molecule has 3 heteroatoms. The van der Waals surface area contributed by atoms with Crippen LogP contribution in [-0.4, -0.2) is 31.7 Å². The van der Waals surface area contributed by atoms with Gasteiger partial charge in [0.15, 0.2) is 0 Å². The molecule has 50 valence electrons. The third-order valence-corrected chi connectivity index (χ3v) is 1.75. The molecule has 0 aromatic rings. The van der Waals surface area contributed by atoms with Gasteiger partial charge in [0.25, 0.3) is 0 Å². The van der Waals surface area contributed by atoms with Crippen molar-refractivity contribution in [3.05, 3.63) is 0 Å². The van der Waals surface area contributed by atoms with E-state index in [1.807, 2.05) is 6.92 Å². The number of rotatable bonds is 1.